The van der Waals surface area contributed by atoms with Crippen LogP contribution in [0.3, 0.4) is 0 Å². The Morgan fingerprint density at radius 1 is 1.11 bits per heavy atom. The summed E-state index contributed by atoms with van der Waals surface area (Å²) in [5, 5.41) is 3.83. The molecule has 1 aromatic rings. The summed E-state index contributed by atoms with van der Waals surface area (Å²) in [5.41, 5.74) is 4.56. The van der Waals surface area contributed by atoms with Crippen LogP contribution in [0, 0.1) is 13.8 Å². The van der Waals surface area contributed by atoms with Crippen LogP contribution in [-0.4, -0.2) is 24.7 Å². The lowest BCUT2D eigenvalue weighted by Gasteiger charge is -2.46. The first-order valence-corrected chi connectivity index (χ1v) is 7.68. The van der Waals surface area contributed by atoms with Crippen molar-refractivity contribution in [2.45, 2.75) is 58.0 Å². The van der Waals surface area contributed by atoms with E-state index in [1.54, 1.807) is 0 Å². The van der Waals surface area contributed by atoms with E-state index >= 15 is 0 Å². The monoisotopic (exact) mass is 258 g/mol. The molecule has 2 aliphatic rings. The van der Waals surface area contributed by atoms with Crippen LogP contribution in [0.4, 0.5) is 5.69 Å². The predicted molar refractivity (Wildman–Crippen MR) is 81.9 cm³/mol. The average molecular weight is 258 g/mol. The molecule has 1 spiro atoms. The summed E-state index contributed by atoms with van der Waals surface area (Å²) in [5.74, 6) is 0. The Morgan fingerprint density at radius 2 is 1.74 bits per heavy atom. The maximum Gasteiger partial charge on any atom is 0.0387 e. The van der Waals surface area contributed by atoms with Gasteiger partial charge in [0.2, 0.25) is 0 Å². The van der Waals surface area contributed by atoms with Crippen molar-refractivity contribution in [3.8, 4) is 0 Å². The Bertz CT molecular complexity index is 440. The second-order valence-corrected chi connectivity index (χ2v) is 6.69. The van der Waals surface area contributed by atoms with E-state index in [1.807, 2.05) is 0 Å². The van der Waals surface area contributed by atoms with Gasteiger partial charge in [0, 0.05) is 30.4 Å². The second kappa shape index (κ2) is 4.82. The lowest BCUT2D eigenvalue weighted by atomic mass is 9.92. The molecule has 2 nitrogen and oxygen atoms in total. The van der Waals surface area contributed by atoms with Crippen molar-refractivity contribution in [2.24, 2.45) is 0 Å². The molecule has 2 fully saturated rings. The third kappa shape index (κ3) is 2.51. The third-order valence-corrected chi connectivity index (χ3v) is 4.88. The van der Waals surface area contributed by atoms with Crippen LogP contribution >= 0.6 is 0 Å². The van der Waals surface area contributed by atoms with Gasteiger partial charge in [-0.3, -0.25) is 0 Å². The number of nitrogens with one attached hydrogen (secondary N) is 1. The second-order valence-electron chi connectivity index (χ2n) is 6.69. The van der Waals surface area contributed by atoms with Gasteiger partial charge in [-0.05, 0) is 56.9 Å². The normalized spacial score (nSPS) is 26.1. The highest BCUT2D eigenvalue weighted by molar-refractivity contribution is 5.52. The van der Waals surface area contributed by atoms with E-state index < -0.39 is 0 Å². The molecule has 19 heavy (non-hydrogen) atoms. The number of nitrogens with zero attached hydrogens (tertiary/aromatic N) is 1. The number of benzene rings is 1. The van der Waals surface area contributed by atoms with E-state index in [0.717, 1.165) is 6.54 Å². The van der Waals surface area contributed by atoms with E-state index in [9.17, 15) is 0 Å². The minimum atomic E-state index is 0.393. The molecule has 1 aromatic carbocycles. The molecule has 1 saturated carbocycles. The van der Waals surface area contributed by atoms with Gasteiger partial charge in [-0.25, -0.2) is 0 Å². The lowest BCUT2D eigenvalue weighted by molar-refractivity contribution is 0.276. The molecule has 2 heteroatoms. The van der Waals surface area contributed by atoms with E-state index in [-0.39, 0.29) is 0 Å². The lowest BCUT2D eigenvalue weighted by Crippen LogP contribution is -2.62. The van der Waals surface area contributed by atoms with Gasteiger partial charge in [0.1, 0.15) is 0 Å². The zero-order valence-corrected chi connectivity index (χ0v) is 12.5. The van der Waals surface area contributed by atoms with Crippen LogP contribution in [0.25, 0.3) is 0 Å². The molecule has 0 amide bonds. The first kappa shape index (κ1) is 13.0. The van der Waals surface area contributed by atoms with E-state index in [4.69, 9.17) is 0 Å². The smallest absolute Gasteiger partial charge is 0.0387 e. The summed E-state index contributed by atoms with van der Waals surface area (Å²) in [6, 6.07) is 7.55. The number of anilines is 1. The SMILES string of the molecule is Cc1cc(C)cc(N2CC3(CCCC3)NCC2C)c1. The molecular formula is C17H26N2. The Labute approximate surface area is 117 Å². The molecule has 104 valence electrons. The highest BCUT2D eigenvalue weighted by Crippen LogP contribution is 2.35. The van der Waals surface area contributed by atoms with Gasteiger partial charge in [0.05, 0.1) is 0 Å². The summed E-state index contributed by atoms with van der Waals surface area (Å²) in [7, 11) is 0. The quantitative estimate of drug-likeness (QED) is 0.830. The van der Waals surface area contributed by atoms with Crippen LogP contribution in [0.1, 0.15) is 43.7 Å². The van der Waals surface area contributed by atoms with Crippen molar-refractivity contribution in [3.05, 3.63) is 29.3 Å². The highest BCUT2D eigenvalue weighted by Gasteiger charge is 2.39. The molecule has 3 rings (SSSR count). The number of rotatable bonds is 1. The van der Waals surface area contributed by atoms with Gasteiger partial charge >= 0.3 is 0 Å². The molecule has 1 N–H and O–H groups in total. The first-order valence-electron chi connectivity index (χ1n) is 7.68. The minimum Gasteiger partial charge on any atom is -0.366 e. The molecule has 1 aliphatic heterocycles. The van der Waals surface area contributed by atoms with Gasteiger partial charge in [-0.2, -0.15) is 0 Å². The summed E-state index contributed by atoms with van der Waals surface area (Å²) < 4.78 is 0. The van der Waals surface area contributed by atoms with Gasteiger partial charge in [-0.15, -0.1) is 0 Å². The maximum atomic E-state index is 3.83. The standard InChI is InChI=1S/C17H26N2/c1-13-8-14(2)10-16(9-13)19-12-17(6-4-5-7-17)18-11-15(19)3/h8-10,15,18H,4-7,11-12H2,1-3H3. The van der Waals surface area contributed by atoms with Gasteiger partial charge in [0.15, 0.2) is 0 Å². The van der Waals surface area contributed by atoms with Gasteiger partial charge < -0.3 is 10.2 Å². The van der Waals surface area contributed by atoms with Crippen LogP contribution in [0.15, 0.2) is 18.2 Å². The largest absolute Gasteiger partial charge is 0.366 e. The van der Waals surface area contributed by atoms with E-state index in [1.165, 1.54) is 49.0 Å². The number of hydrogen-bond acceptors (Lipinski definition) is 2. The van der Waals surface area contributed by atoms with Gasteiger partial charge in [-0.1, -0.05) is 18.9 Å². The van der Waals surface area contributed by atoms with Crippen molar-refractivity contribution < 1.29 is 0 Å². The molecule has 0 radical (unpaired) electrons. The molecule has 1 unspecified atom stereocenters. The number of piperazine rings is 1. The Hall–Kier alpha value is -1.02. The fraction of sp³-hybridized carbons (Fsp3) is 0.647. The summed E-state index contributed by atoms with van der Waals surface area (Å²) in [6.07, 6.45) is 5.48. The van der Waals surface area contributed by atoms with Crippen LogP contribution in [0.5, 0.6) is 0 Å². The zero-order chi connectivity index (χ0) is 13.5. The average Bonchev–Trinajstić information content (AvgIpc) is 2.80. The molecular weight excluding hydrogens is 232 g/mol. The topological polar surface area (TPSA) is 15.3 Å². The van der Waals surface area contributed by atoms with Crippen molar-refractivity contribution in [3.63, 3.8) is 0 Å². The molecule has 1 atom stereocenters. The summed E-state index contributed by atoms with van der Waals surface area (Å²) in [4.78, 5) is 2.63. The van der Waals surface area contributed by atoms with Crippen molar-refractivity contribution in [1.29, 1.82) is 0 Å². The summed E-state index contributed by atoms with van der Waals surface area (Å²) >= 11 is 0. The van der Waals surface area contributed by atoms with E-state index in [2.05, 4.69) is 49.2 Å². The fourth-order valence-electron chi connectivity index (χ4n) is 3.86. The fourth-order valence-corrected chi connectivity index (χ4v) is 3.86. The molecule has 1 heterocycles. The van der Waals surface area contributed by atoms with E-state index in [0.29, 0.717) is 11.6 Å². The maximum absolute atomic E-state index is 3.83. The third-order valence-electron chi connectivity index (χ3n) is 4.88. The first-order chi connectivity index (χ1) is 9.08. The predicted octanol–water partition coefficient (Wildman–Crippen LogP) is 3.41. The van der Waals surface area contributed by atoms with Crippen molar-refractivity contribution >= 4 is 5.69 Å². The van der Waals surface area contributed by atoms with Crippen molar-refractivity contribution in [1.82, 2.24) is 5.32 Å². The summed E-state index contributed by atoms with van der Waals surface area (Å²) in [6.45, 7) is 9.04. The molecule has 1 saturated heterocycles. The van der Waals surface area contributed by atoms with Gasteiger partial charge in [0.25, 0.3) is 0 Å². The minimum absolute atomic E-state index is 0.393. The molecule has 0 aromatic heterocycles. The Kier molecular flexibility index (Phi) is 3.30. The molecule has 1 aliphatic carbocycles. The van der Waals surface area contributed by atoms with Crippen LogP contribution in [-0.2, 0) is 0 Å². The Balaban J connectivity index is 1.88. The van der Waals surface area contributed by atoms with Crippen LogP contribution < -0.4 is 10.2 Å². The highest BCUT2D eigenvalue weighted by atomic mass is 15.3. The Morgan fingerprint density at radius 3 is 2.37 bits per heavy atom. The zero-order valence-electron chi connectivity index (χ0n) is 12.5. The molecule has 0 bridgehead atoms. The number of hydrogen-bond donors (Lipinski definition) is 1. The van der Waals surface area contributed by atoms with Crippen LogP contribution in [0.2, 0.25) is 0 Å². The van der Waals surface area contributed by atoms with Crippen molar-refractivity contribution in [2.75, 3.05) is 18.0 Å². The number of aryl methyl sites for hydroxylation is 2.